The van der Waals surface area contributed by atoms with Gasteiger partial charge in [0.1, 0.15) is 23.1 Å². The summed E-state index contributed by atoms with van der Waals surface area (Å²) in [6.45, 7) is 2.30. The fourth-order valence-electron chi connectivity index (χ4n) is 3.20. The van der Waals surface area contributed by atoms with Gasteiger partial charge in [-0.05, 0) is 49.4 Å². The van der Waals surface area contributed by atoms with Gasteiger partial charge in [0.25, 0.3) is 0 Å². The summed E-state index contributed by atoms with van der Waals surface area (Å²) in [6, 6.07) is 10.9. The van der Waals surface area contributed by atoms with E-state index in [0.717, 1.165) is 5.56 Å². The summed E-state index contributed by atoms with van der Waals surface area (Å²) < 4.78 is 31.0. The highest BCUT2D eigenvalue weighted by Gasteiger charge is 2.19. The van der Waals surface area contributed by atoms with Gasteiger partial charge in [-0.3, -0.25) is 4.79 Å². The molecule has 8 nitrogen and oxygen atoms in total. The van der Waals surface area contributed by atoms with Gasteiger partial charge in [0.2, 0.25) is 5.91 Å². The summed E-state index contributed by atoms with van der Waals surface area (Å²) in [4.78, 5) is 12.6. The normalized spacial score (nSPS) is 11.7. The SMILES string of the molecule is COc1ccc(OC)c(CC(=O)NC(C)c2nnc(SCCOc3ccc(F)cc3)n2C)c1. The Kier molecular flexibility index (Phi) is 8.53. The Morgan fingerprint density at radius 2 is 1.85 bits per heavy atom. The fraction of sp³-hybridized carbons (Fsp3) is 0.348. The minimum Gasteiger partial charge on any atom is -0.497 e. The average Bonchev–Trinajstić information content (AvgIpc) is 3.18. The molecule has 0 saturated carbocycles. The third-order valence-electron chi connectivity index (χ3n) is 4.87. The lowest BCUT2D eigenvalue weighted by Gasteiger charge is -2.15. The largest absolute Gasteiger partial charge is 0.497 e. The van der Waals surface area contributed by atoms with Gasteiger partial charge in [-0.2, -0.15) is 0 Å². The Balaban J connectivity index is 1.52. The van der Waals surface area contributed by atoms with Crippen LogP contribution in [0.1, 0.15) is 24.4 Å². The van der Waals surface area contributed by atoms with E-state index in [9.17, 15) is 9.18 Å². The van der Waals surface area contributed by atoms with Crippen molar-refractivity contribution in [2.75, 3.05) is 26.6 Å². The monoisotopic (exact) mass is 474 g/mol. The number of carbonyl (C=O) groups is 1. The Morgan fingerprint density at radius 1 is 1.12 bits per heavy atom. The smallest absolute Gasteiger partial charge is 0.225 e. The molecule has 1 aromatic heterocycles. The zero-order valence-corrected chi connectivity index (χ0v) is 19.8. The van der Waals surface area contributed by atoms with Crippen LogP contribution in [-0.2, 0) is 18.3 Å². The Bertz CT molecular complexity index is 1070. The first kappa shape index (κ1) is 24.4. The molecule has 0 spiro atoms. The van der Waals surface area contributed by atoms with Gasteiger partial charge >= 0.3 is 0 Å². The molecule has 0 aliphatic rings. The van der Waals surface area contributed by atoms with E-state index in [0.29, 0.717) is 40.6 Å². The maximum Gasteiger partial charge on any atom is 0.225 e. The number of carbonyl (C=O) groups excluding carboxylic acids is 1. The van der Waals surface area contributed by atoms with E-state index in [1.807, 2.05) is 18.5 Å². The number of ether oxygens (including phenoxy) is 3. The molecule has 2 aromatic carbocycles. The molecule has 0 radical (unpaired) electrons. The molecule has 0 aliphatic carbocycles. The van der Waals surface area contributed by atoms with Crippen molar-refractivity contribution in [1.29, 1.82) is 0 Å². The van der Waals surface area contributed by atoms with Crippen molar-refractivity contribution in [3.05, 3.63) is 59.7 Å². The van der Waals surface area contributed by atoms with E-state index in [1.54, 1.807) is 44.6 Å². The van der Waals surface area contributed by atoms with Crippen LogP contribution in [0.25, 0.3) is 0 Å². The summed E-state index contributed by atoms with van der Waals surface area (Å²) in [5, 5.41) is 12.1. The third kappa shape index (κ3) is 6.61. The third-order valence-corrected chi connectivity index (χ3v) is 5.85. The molecule has 3 rings (SSSR count). The number of nitrogens with zero attached hydrogens (tertiary/aromatic N) is 3. The van der Waals surface area contributed by atoms with Crippen molar-refractivity contribution in [3.63, 3.8) is 0 Å². The summed E-state index contributed by atoms with van der Waals surface area (Å²) in [6.07, 6.45) is 0.144. The van der Waals surface area contributed by atoms with E-state index < -0.39 is 0 Å². The summed E-state index contributed by atoms with van der Waals surface area (Å²) in [5.41, 5.74) is 0.733. The van der Waals surface area contributed by atoms with E-state index in [-0.39, 0.29) is 24.2 Å². The number of thioether (sulfide) groups is 1. The molecule has 1 unspecified atom stereocenters. The van der Waals surface area contributed by atoms with Crippen molar-refractivity contribution < 1.29 is 23.4 Å². The van der Waals surface area contributed by atoms with Crippen molar-refractivity contribution >= 4 is 17.7 Å². The maximum absolute atomic E-state index is 12.9. The predicted molar refractivity (Wildman–Crippen MR) is 123 cm³/mol. The first-order valence-electron chi connectivity index (χ1n) is 10.3. The number of amides is 1. The van der Waals surface area contributed by atoms with Crippen LogP contribution in [0.4, 0.5) is 4.39 Å². The van der Waals surface area contributed by atoms with Crippen LogP contribution in [0.15, 0.2) is 47.6 Å². The first-order valence-corrected chi connectivity index (χ1v) is 11.3. The van der Waals surface area contributed by atoms with Gasteiger partial charge in [-0.25, -0.2) is 4.39 Å². The van der Waals surface area contributed by atoms with E-state index in [4.69, 9.17) is 14.2 Å². The second kappa shape index (κ2) is 11.6. The van der Waals surface area contributed by atoms with Gasteiger partial charge in [-0.1, -0.05) is 11.8 Å². The number of rotatable bonds is 11. The molecule has 33 heavy (non-hydrogen) atoms. The molecule has 0 bridgehead atoms. The van der Waals surface area contributed by atoms with E-state index in [1.165, 1.54) is 23.9 Å². The number of methoxy groups -OCH3 is 2. The summed E-state index contributed by atoms with van der Waals surface area (Å²) in [5.74, 6) is 2.71. The minimum absolute atomic E-state index is 0.144. The van der Waals surface area contributed by atoms with Gasteiger partial charge < -0.3 is 24.1 Å². The second-order valence-electron chi connectivity index (χ2n) is 7.19. The van der Waals surface area contributed by atoms with Crippen molar-refractivity contribution in [2.24, 2.45) is 7.05 Å². The highest BCUT2D eigenvalue weighted by molar-refractivity contribution is 7.99. The molecule has 3 aromatic rings. The Labute approximate surface area is 196 Å². The average molecular weight is 475 g/mol. The zero-order chi connectivity index (χ0) is 23.8. The topological polar surface area (TPSA) is 87.5 Å². The lowest BCUT2D eigenvalue weighted by molar-refractivity contribution is -0.121. The lowest BCUT2D eigenvalue weighted by atomic mass is 10.1. The zero-order valence-electron chi connectivity index (χ0n) is 19.0. The number of nitrogens with one attached hydrogen (secondary N) is 1. The van der Waals surface area contributed by atoms with Gasteiger partial charge in [-0.15, -0.1) is 10.2 Å². The Hall–Kier alpha value is -3.27. The van der Waals surface area contributed by atoms with Gasteiger partial charge in [0, 0.05) is 18.4 Å². The number of hydrogen-bond donors (Lipinski definition) is 1. The number of halogens is 1. The molecule has 176 valence electrons. The second-order valence-corrected chi connectivity index (χ2v) is 8.26. The van der Waals surface area contributed by atoms with Gasteiger partial charge in [0.05, 0.1) is 33.3 Å². The molecule has 1 N–H and O–H groups in total. The number of aromatic nitrogens is 3. The molecular formula is C23H27FN4O4S. The highest BCUT2D eigenvalue weighted by Crippen LogP contribution is 2.25. The minimum atomic E-state index is -0.337. The molecule has 10 heteroatoms. The summed E-state index contributed by atoms with van der Waals surface area (Å²) in [7, 11) is 4.99. The van der Waals surface area contributed by atoms with Crippen LogP contribution in [0.5, 0.6) is 17.2 Å². The van der Waals surface area contributed by atoms with Crippen molar-refractivity contribution in [1.82, 2.24) is 20.1 Å². The van der Waals surface area contributed by atoms with Crippen LogP contribution in [0, 0.1) is 5.82 Å². The van der Waals surface area contributed by atoms with Crippen LogP contribution >= 0.6 is 11.8 Å². The standard InChI is InChI=1S/C23H27FN4O4S/c1-15(25-21(29)14-16-13-19(30-3)9-10-20(16)31-4)22-26-27-23(28(22)2)33-12-11-32-18-7-5-17(24)6-8-18/h5-10,13,15H,11-12,14H2,1-4H3,(H,25,29). The highest BCUT2D eigenvalue weighted by atomic mass is 32.2. The molecule has 1 heterocycles. The van der Waals surface area contributed by atoms with E-state index >= 15 is 0 Å². The molecular weight excluding hydrogens is 447 g/mol. The molecule has 0 saturated heterocycles. The van der Waals surface area contributed by atoms with Crippen molar-refractivity contribution in [2.45, 2.75) is 24.5 Å². The van der Waals surface area contributed by atoms with E-state index in [2.05, 4.69) is 15.5 Å². The Morgan fingerprint density at radius 3 is 2.55 bits per heavy atom. The van der Waals surface area contributed by atoms with Gasteiger partial charge in [0.15, 0.2) is 11.0 Å². The molecule has 1 atom stereocenters. The molecule has 1 amide bonds. The van der Waals surface area contributed by atoms with Crippen molar-refractivity contribution in [3.8, 4) is 17.2 Å². The molecule has 0 fully saturated rings. The number of benzene rings is 2. The first-order chi connectivity index (χ1) is 15.9. The summed E-state index contributed by atoms with van der Waals surface area (Å²) >= 11 is 1.49. The van der Waals surface area contributed by atoms with Crippen LogP contribution < -0.4 is 19.5 Å². The molecule has 0 aliphatic heterocycles. The predicted octanol–water partition coefficient (Wildman–Crippen LogP) is 3.56. The lowest BCUT2D eigenvalue weighted by Crippen LogP contribution is -2.29. The van der Waals surface area contributed by atoms with Crippen LogP contribution in [0.2, 0.25) is 0 Å². The quantitative estimate of drug-likeness (QED) is 0.336. The number of hydrogen-bond acceptors (Lipinski definition) is 7. The fourth-order valence-corrected chi connectivity index (χ4v) is 3.94. The van der Waals surface area contributed by atoms with Crippen LogP contribution in [-0.4, -0.2) is 47.3 Å². The van der Waals surface area contributed by atoms with Crippen LogP contribution in [0.3, 0.4) is 0 Å². The maximum atomic E-state index is 12.9.